The second-order valence-electron chi connectivity index (χ2n) is 10.3. The molecule has 2 aromatic carbocycles. The molecule has 2 heterocycles. The van der Waals surface area contributed by atoms with E-state index in [1.165, 1.54) is 4.57 Å². The Balaban J connectivity index is 1.87. The van der Waals surface area contributed by atoms with Crippen molar-refractivity contribution in [3.63, 3.8) is 0 Å². The van der Waals surface area contributed by atoms with Gasteiger partial charge in [-0.05, 0) is 64.4 Å². The number of halogens is 1. The second kappa shape index (κ2) is 8.73. The number of aliphatic hydroxyl groups is 1. The molecule has 1 aliphatic rings. The van der Waals surface area contributed by atoms with Gasteiger partial charge in [-0.25, -0.2) is 9.36 Å². The van der Waals surface area contributed by atoms with E-state index in [0.717, 1.165) is 16.5 Å². The molecule has 7 nitrogen and oxygen atoms in total. The minimum Gasteiger partial charge on any atom is -0.443 e. The van der Waals surface area contributed by atoms with Crippen LogP contribution in [0.3, 0.4) is 0 Å². The van der Waals surface area contributed by atoms with Gasteiger partial charge in [0.2, 0.25) is 0 Å². The van der Waals surface area contributed by atoms with Gasteiger partial charge in [0.05, 0.1) is 23.4 Å². The van der Waals surface area contributed by atoms with Crippen LogP contribution in [0.1, 0.15) is 56.1 Å². The highest BCUT2D eigenvalue weighted by molar-refractivity contribution is 6.32. The summed E-state index contributed by atoms with van der Waals surface area (Å²) < 4.78 is 7.23. The maximum absolute atomic E-state index is 13.3. The van der Waals surface area contributed by atoms with Gasteiger partial charge in [-0.3, -0.25) is 4.79 Å². The predicted octanol–water partition coefficient (Wildman–Crippen LogP) is 4.85. The number of carbonyl (C=O) groups is 2. The van der Waals surface area contributed by atoms with Crippen LogP contribution in [0.25, 0.3) is 22.2 Å². The van der Waals surface area contributed by atoms with Crippen LogP contribution in [0.5, 0.6) is 0 Å². The number of carbonyl (C=O) groups excluding carboxylic acids is 2. The summed E-state index contributed by atoms with van der Waals surface area (Å²) in [5, 5.41) is 17.0. The number of nitrogens with zero attached hydrogens (tertiary/aromatic N) is 1. The van der Waals surface area contributed by atoms with Crippen molar-refractivity contribution in [3.05, 3.63) is 58.1 Å². The van der Waals surface area contributed by atoms with Crippen molar-refractivity contribution < 1.29 is 19.4 Å². The fraction of sp³-hybridized carbons (Fsp3) is 0.385. The first-order valence-electron chi connectivity index (χ1n) is 11.2. The number of hydrogen-bond donors (Lipinski definition) is 3. The number of hydrogen-bond acceptors (Lipinski definition) is 5. The standard InChI is InChI=1S/C26H30ClN3O4/c1-25(2,3)34-24(33)30-20-9-6-15(12-29-26(4,5)14-31)10-16(20)11-21(30)17-7-8-19(27)18-13-28-23(32)22(17)18/h6-11,29,31H,12-14H2,1-5H3,(H,28,32). The van der Waals surface area contributed by atoms with Crippen molar-refractivity contribution in [3.8, 4) is 11.3 Å². The highest BCUT2D eigenvalue weighted by atomic mass is 35.5. The Morgan fingerprint density at radius 3 is 2.59 bits per heavy atom. The average molecular weight is 484 g/mol. The molecule has 1 aromatic heterocycles. The largest absolute Gasteiger partial charge is 0.443 e. The van der Waals surface area contributed by atoms with E-state index in [9.17, 15) is 14.7 Å². The van der Waals surface area contributed by atoms with E-state index in [1.54, 1.807) is 12.1 Å². The lowest BCUT2D eigenvalue weighted by Crippen LogP contribution is -2.42. The average Bonchev–Trinajstić information content (AvgIpc) is 3.33. The summed E-state index contributed by atoms with van der Waals surface area (Å²) >= 11 is 6.35. The van der Waals surface area contributed by atoms with Crippen molar-refractivity contribution in [2.75, 3.05) is 6.61 Å². The van der Waals surface area contributed by atoms with E-state index in [2.05, 4.69) is 10.6 Å². The van der Waals surface area contributed by atoms with Crippen LogP contribution in [0.15, 0.2) is 36.4 Å². The number of aromatic nitrogens is 1. The highest BCUT2D eigenvalue weighted by Gasteiger charge is 2.30. The third-order valence-corrected chi connectivity index (χ3v) is 6.15. The summed E-state index contributed by atoms with van der Waals surface area (Å²) in [6.45, 7) is 10.2. The van der Waals surface area contributed by atoms with E-state index >= 15 is 0 Å². The normalized spacial score (nSPS) is 13.8. The van der Waals surface area contributed by atoms with Crippen LogP contribution in [0.2, 0.25) is 5.02 Å². The third-order valence-electron chi connectivity index (χ3n) is 5.79. The van der Waals surface area contributed by atoms with Gasteiger partial charge in [-0.15, -0.1) is 0 Å². The molecule has 0 aliphatic carbocycles. The molecular formula is C26H30ClN3O4. The molecule has 4 rings (SSSR count). The van der Waals surface area contributed by atoms with Crippen molar-refractivity contribution >= 4 is 34.5 Å². The molecule has 0 atom stereocenters. The molecule has 34 heavy (non-hydrogen) atoms. The summed E-state index contributed by atoms with van der Waals surface area (Å²) in [6.07, 6.45) is -0.521. The van der Waals surface area contributed by atoms with Gasteiger partial charge in [-0.1, -0.05) is 23.7 Å². The van der Waals surface area contributed by atoms with Gasteiger partial charge in [0.25, 0.3) is 5.91 Å². The van der Waals surface area contributed by atoms with E-state index < -0.39 is 17.2 Å². The summed E-state index contributed by atoms with van der Waals surface area (Å²) in [5.74, 6) is -0.218. The molecule has 0 saturated heterocycles. The van der Waals surface area contributed by atoms with Gasteiger partial charge < -0.3 is 20.5 Å². The number of amides is 1. The molecule has 1 amide bonds. The van der Waals surface area contributed by atoms with Crippen LogP contribution >= 0.6 is 11.6 Å². The van der Waals surface area contributed by atoms with Gasteiger partial charge in [0, 0.05) is 40.2 Å². The smallest absolute Gasteiger partial charge is 0.419 e. The molecule has 0 radical (unpaired) electrons. The minimum atomic E-state index is -0.690. The third kappa shape index (κ3) is 4.69. The first-order valence-corrected chi connectivity index (χ1v) is 11.6. The van der Waals surface area contributed by atoms with E-state index in [1.807, 2.05) is 58.9 Å². The van der Waals surface area contributed by atoms with E-state index in [4.69, 9.17) is 16.3 Å². The van der Waals surface area contributed by atoms with Crippen LogP contribution in [-0.4, -0.2) is 39.4 Å². The van der Waals surface area contributed by atoms with Crippen molar-refractivity contribution in [2.24, 2.45) is 0 Å². The Hall–Kier alpha value is -2.87. The molecule has 0 saturated carbocycles. The Morgan fingerprint density at radius 1 is 1.18 bits per heavy atom. The molecule has 180 valence electrons. The van der Waals surface area contributed by atoms with Crippen molar-refractivity contribution in [2.45, 2.75) is 58.8 Å². The van der Waals surface area contributed by atoms with Crippen molar-refractivity contribution in [1.82, 2.24) is 15.2 Å². The Morgan fingerprint density at radius 2 is 1.91 bits per heavy atom. The van der Waals surface area contributed by atoms with Crippen LogP contribution < -0.4 is 10.6 Å². The quantitative estimate of drug-likeness (QED) is 0.482. The Labute approximate surface area is 204 Å². The molecular weight excluding hydrogens is 454 g/mol. The number of ether oxygens (including phenoxy) is 1. The number of fused-ring (bicyclic) bond motifs is 2. The van der Waals surface area contributed by atoms with Gasteiger partial charge in [-0.2, -0.15) is 0 Å². The zero-order valence-corrected chi connectivity index (χ0v) is 20.8. The zero-order chi connectivity index (χ0) is 24.8. The molecule has 1 aliphatic heterocycles. The number of nitrogens with one attached hydrogen (secondary N) is 2. The van der Waals surface area contributed by atoms with E-state index in [-0.39, 0.29) is 12.5 Å². The number of aliphatic hydroxyl groups excluding tert-OH is 1. The Kier molecular flexibility index (Phi) is 6.23. The summed E-state index contributed by atoms with van der Waals surface area (Å²) in [4.78, 5) is 26.0. The number of benzene rings is 2. The molecule has 3 N–H and O–H groups in total. The summed E-state index contributed by atoms with van der Waals surface area (Å²) in [7, 11) is 0. The molecule has 8 heteroatoms. The van der Waals surface area contributed by atoms with Crippen LogP contribution in [-0.2, 0) is 17.8 Å². The lowest BCUT2D eigenvalue weighted by atomic mass is 10.00. The number of rotatable bonds is 5. The SMILES string of the molecule is CC(C)(CO)NCc1ccc2c(c1)cc(-c1ccc(Cl)c3c1C(=O)NC3)n2C(=O)OC(C)(C)C. The lowest BCUT2D eigenvalue weighted by molar-refractivity contribution is 0.0547. The lowest BCUT2D eigenvalue weighted by Gasteiger charge is -2.23. The van der Waals surface area contributed by atoms with Gasteiger partial charge in [0.1, 0.15) is 5.60 Å². The topological polar surface area (TPSA) is 92.6 Å². The Bertz CT molecular complexity index is 1290. The van der Waals surface area contributed by atoms with Crippen LogP contribution in [0.4, 0.5) is 4.79 Å². The van der Waals surface area contributed by atoms with Crippen LogP contribution in [0, 0.1) is 0 Å². The summed E-state index contributed by atoms with van der Waals surface area (Å²) in [6, 6.07) is 11.2. The van der Waals surface area contributed by atoms with Crippen molar-refractivity contribution in [1.29, 1.82) is 0 Å². The molecule has 0 fully saturated rings. The minimum absolute atomic E-state index is 0.0121. The van der Waals surface area contributed by atoms with Gasteiger partial charge in [0.15, 0.2) is 0 Å². The molecule has 0 unspecified atom stereocenters. The highest BCUT2D eigenvalue weighted by Crippen LogP contribution is 2.37. The monoisotopic (exact) mass is 483 g/mol. The molecule has 0 spiro atoms. The zero-order valence-electron chi connectivity index (χ0n) is 20.1. The summed E-state index contributed by atoms with van der Waals surface area (Å²) in [5.41, 5.74) is 2.96. The maximum atomic E-state index is 13.3. The predicted molar refractivity (Wildman–Crippen MR) is 133 cm³/mol. The van der Waals surface area contributed by atoms with E-state index in [0.29, 0.717) is 40.4 Å². The maximum Gasteiger partial charge on any atom is 0.419 e. The first-order chi connectivity index (χ1) is 15.9. The second-order valence-corrected chi connectivity index (χ2v) is 10.7. The van der Waals surface area contributed by atoms with Gasteiger partial charge >= 0.3 is 6.09 Å². The molecule has 3 aromatic rings. The first kappa shape index (κ1) is 24.3. The fourth-order valence-electron chi connectivity index (χ4n) is 4.00. The fourth-order valence-corrected chi connectivity index (χ4v) is 4.22. The molecule has 0 bridgehead atoms.